The molecule has 0 bridgehead atoms. The third kappa shape index (κ3) is 4.22. The normalized spacial score (nSPS) is 16.2. The molecule has 1 aliphatic rings. The van der Waals surface area contributed by atoms with Crippen LogP contribution in [-0.4, -0.2) is 28.5 Å². The average molecular weight is 375 g/mol. The Hall–Kier alpha value is -3.15. The maximum atomic E-state index is 5.94. The molecule has 4 rings (SSSR count). The molecule has 0 aliphatic carbocycles. The Labute approximate surface area is 165 Å². The van der Waals surface area contributed by atoms with Gasteiger partial charge in [0.2, 0.25) is 0 Å². The van der Waals surface area contributed by atoms with E-state index in [9.17, 15) is 0 Å². The molecule has 144 valence electrons. The molecule has 2 aromatic heterocycles. The zero-order valence-corrected chi connectivity index (χ0v) is 16.3. The number of hydrogen-bond acceptors (Lipinski definition) is 6. The Morgan fingerprint density at radius 3 is 3.00 bits per heavy atom. The number of nitrogens with zero attached hydrogens (tertiary/aromatic N) is 4. The van der Waals surface area contributed by atoms with Crippen molar-refractivity contribution in [3.63, 3.8) is 0 Å². The fraction of sp³-hybridized carbons (Fsp3) is 0.318. The number of pyridine rings is 1. The fourth-order valence-electron chi connectivity index (χ4n) is 3.49. The van der Waals surface area contributed by atoms with Crippen molar-refractivity contribution in [3.05, 3.63) is 71.9 Å². The lowest BCUT2D eigenvalue weighted by molar-refractivity contribution is 0.306. The van der Waals surface area contributed by atoms with Crippen LogP contribution in [-0.2, 0) is 6.61 Å². The largest absolute Gasteiger partial charge is 0.489 e. The molecule has 0 saturated carbocycles. The lowest BCUT2D eigenvalue weighted by Gasteiger charge is -2.22. The molecule has 6 heteroatoms. The third-order valence-corrected chi connectivity index (χ3v) is 4.94. The Balaban J connectivity index is 1.50. The minimum Gasteiger partial charge on any atom is -0.489 e. The summed E-state index contributed by atoms with van der Waals surface area (Å²) in [4.78, 5) is 15.5. The first-order chi connectivity index (χ1) is 13.7. The number of aryl methyl sites for hydroxylation is 1. The summed E-state index contributed by atoms with van der Waals surface area (Å²) < 4.78 is 5.94. The summed E-state index contributed by atoms with van der Waals surface area (Å²) in [6, 6.07) is 12.2. The van der Waals surface area contributed by atoms with E-state index >= 15 is 0 Å². The summed E-state index contributed by atoms with van der Waals surface area (Å²) in [5.41, 5.74) is 3.23. The number of benzene rings is 1. The zero-order chi connectivity index (χ0) is 19.3. The van der Waals surface area contributed by atoms with Crippen LogP contribution < -0.4 is 15.0 Å². The highest BCUT2D eigenvalue weighted by molar-refractivity contribution is 5.54. The summed E-state index contributed by atoms with van der Waals surface area (Å²) in [5, 5.41) is 3.66. The molecule has 0 spiro atoms. The molecule has 0 amide bonds. The topological polar surface area (TPSA) is 63.2 Å². The second kappa shape index (κ2) is 8.25. The van der Waals surface area contributed by atoms with Gasteiger partial charge in [-0.1, -0.05) is 12.1 Å². The minimum absolute atomic E-state index is 0.175. The van der Waals surface area contributed by atoms with E-state index in [1.54, 1.807) is 6.20 Å². The number of fused-ring (bicyclic) bond motifs is 1. The van der Waals surface area contributed by atoms with Gasteiger partial charge < -0.3 is 15.0 Å². The Morgan fingerprint density at radius 2 is 2.14 bits per heavy atom. The van der Waals surface area contributed by atoms with Crippen molar-refractivity contribution in [3.8, 4) is 5.75 Å². The van der Waals surface area contributed by atoms with E-state index in [1.807, 2.05) is 49.6 Å². The van der Waals surface area contributed by atoms with Crippen molar-refractivity contribution in [1.82, 2.24) is 15.0 Å². The summed E-state index contributed by atoms with van der Waals surface area (Å²) in [7, 11) is 2.10. The van der Waals surface area contributed by atoms with Crippen molar-refractivity contribution in [2.24, 2.45) is 0 Å². The van der Waals surface area contributed by atoms with Crippen LogP contribution in [0.5, 0.6) is 5.75 Å². The smallest absolute Gasteiger partial charge is 0.137 e. The van der Waals surface area contributed by atoms with E-state index in [0.717, 1.165) is 53.6 Å². The Morgan fingerprint density at radius 1 is 1.21 bits per heavy atom. The molecule has 1 aromatic carbocycles. The van der Waals surface area contributed by atoms with E-state index in [4.69, 9.17) is 4.74 Å². The van der Waals surface area contributed by atoms with Crippen molar-refractivity contribution < 1.29 is 4.74 Å². The predicted octanol–water partition coefficient (Wildman–Crippen LogP) is 4.14. The van der Waals surface area contributed by atoms with Gasteiger partial charge in [0.05, 0.1) is 6.04 Å². The molecule has 3 aromatic rings. The fourth-order valence-corrected chi connectivity index (χ4v) is 3.49. The molecule has 1 aliphatic heterocycles. The summed E-state index contributed by atoms with van der Waals surface area (Å²) in [6.45, 7) is 3.43. The number of ether oxygens (including phenoxy) is 1. The van der Waals surface area contributed by atoms with Crippen LogP contribution in [0.4, 0.5) is 11.5 Å². The number of aromatic nitrogens is 3. The molecule has 28 heavy (non-hydrogen) atoms. The SMILES string of the molecule is Cc1ncc2c(n1)N(C)CCCC2Nc1cccc(OCc2cccnc2)c1. The van der Waals surface area contributed by atoms with Gasteiger partial charge in [0.15, 0.2) is 0 Å². The maximum absolute atomic E-state index is 5.94. The minimum atomic E-state index is 0.175. The zero-order valence-electron chi connectivity index (χ0n) is 16.3. The molecule has 0 saturated heterocycles. The van der Waals surface area contributed by atoms with Crippen LogP contribution in [0.3, 0.4) is 0 Å². The number of hydrogen-bond donors (Lipinski definition) is 1. The lowest BCUT2D eigenvalue weighted by Crippen LogP contribution is -2.20. The lowest BCUT2D eigenvalue weighted by atomic mass is 10.0. The molecule has 1 N–H and O–H groups in total. The van der Waals surface area contributed by atoms with Gasteiger partial charge in [-0.2, -0.15) is 0 Å². The quantitative estimate of drug-likeness (QED) is 0.723. The van der Waals surface area contributed by atoms with Gasteiger partial charge in [0, 0.05) is 55.1 Å². The van der Waals surface area contributed by atoms with Crippen molar-refractivity contribution in [1.29, 1.82) is 0 Å². The van der Waals surface area contributed by atoms with E-state index in [0.29, 0.717) is 6.61 Å². The first-order valence-electron chi connectivity index (χ1n) is 9.62. The van der Waals surface area contributed by atoms with Crippen LogP contribution in [0, 0.1) is 6.92 Å². The summed E-state index contributed by atoms with van der Waals surface area (Å²) in [5.74, 6) is 2.66. The second-order valence-corrected chi connectivity index (χ2v) is 7.13. The highest BCUT2D eigenvalue weighted by atomic mass is 16.5. The van der Waals surface area contributed by atoms with Gasteiger partial charge in [-0.15, -0.1) is 0 Å². The molecular formula is C22H25N5O. The van der Waals surface area contributed by atoms with Crippen LogP contribution >= 0.6 is 0 Å². The van der Waals surface area contributed by atoms with Crippen LogP contribution in [0.25, 0.3) is 0 Å². The number of rotatable bonds is 5. The predicted molar refractivity (Wildman–Crippen MR) is 111 cm³/mol. The van der Waals surface area contributed by atoms with E-state index in [2.05, 4.69) is 38.3 Å². The first-order valence-corrected chi connectivity index (χ1v) is 9.62. The molecule has 0 radical (unpaired) electrons. The summed E-state index contributed by atoms with van der Waals surface area (Å²) >= 11 is 0. The standard InChI is InChI=1S/C22H25N5O/c1-16-24-14-20-21(9-5-11-27(2)22(20)25-16)26-18-7-3-8-19(12-18)28-15-17-6-4-10-23-13-17/h3-4,6-8,10,12-14,21,26H,5,9,11,15H2,1-2H3. The van der Waals surface area contributed by atoms with Gasteiger partial charge in [0.25, 0.3) is 0 Å². The Bertz CT molecular complexity index is 931. The average Bonchev–Trinajstić information content (AvgIpc) is 2.86. The molecule has 1 atom stereocenters. The summed E-state index contributed by atoms with van der Waals surface area (Å²) in [6.07, 6.45) is 7.68. The third-order valence-electron chi connectivity index (χ3n) is 4.94. The highest BCUT2D eigenvalue weighted by Crippen LogP contribution is 2.33. The maximum Gasteiger partial charge on any atom is 0.137 e. The molecule has 0 fully saturated rings. The van der Waals surface area contributed by atoms with Gasteiger partial charge >= 0.3 is 0 Å². The van der Waals surface area contributed by atoms with Gasteiger partial charge in [-0.25, -0.2) is 9.97 Å². The van der Waals surface area contributed by atoms with Crippen molar-refractivity contribution in [2.75, 3.05) is 23.8 Å². The first kappa shape index (κ1) is 18.2. The van der Waals surface area contributed by atoms with E-state index in [-0.39, 0.29) is 6.04 Å². The monoisotopic (exact) mass is 375 g/mol. The second-order valence-electron chi connectivity index (χ2n) is 7.13. The molecule has 1 unspecified atom stereocenters. The van der Waals surface area contributed by atoms with Gasteiger partial charge in [-0.05, 0) is 38.0 Å². The molecule has 6 nitrogen and oxygen atoms in total. The van der Waals surface area contributed by atoms with Crippen LogP contribution in [0.1, 0.15) is 35.8 Å². The number of nitrogens with one attached hydrogen (secondary N) is 1. The van der Waals surface area contributed by atoms with E-state index < -0.39 is 0 Å². The van der Waals surface area contributed by atoms with Crippen molar-refractivity contribution in [2.45, 2.75) is 32.4 Å². The Kier molecular flexibility index (Phi) is 5.37. The van der Waals surface area contributed by atoms with Crippen LogP contribution in [0.15, 0.2) is 55.0 Å². The highest BCUT2D eigenvalue weighted by Gasteiger charge is 2.23. The van der Waals surface area contributed by atoms with Gasteiger partial charge in [0.1, 0.15) is 24.0 Å². The molecule has 3 heterocycles. The number of anilines is 2. The van der Waals surface area contributed by atoms with E-state index in [1.165, 1.54) is 0 Å². The molecular weight excluding hydrogens is 350 g/mol. The van der Waals surface area contributed by atoms with Crippen LogP contribution in [0.2, 0.25) is 0 Å². The van der Waals surface area contributed by atoms with Gasteiger partial charge in [-0.3, -0.25) is 4.98 Å². The van der Waals surface area contributed by atoms with Crippen molar-refractivity contribution >= 4 is 11.5 Å².